The van der Waals surface area contributed by atoms with Crippen molar-refractivity contribution in [3.63, 3.8) is 0 Å². The summed E-state index contributed by atoms with van der Waals surface area (Å²) in [5.74, 6) is 0.886. The van der Waals surface area contributed by atoms with Gasteiger partial charge in [-0.15, -0.1) is 5.10 Å². The highest BCUT2D eigenvalue weighted by molar-refractivity contribution is 7.99. The Kier molecular flexibility index (Phi) is 4.46. The molecule has 0 fully saturated rings. The van der Waals surface area contributed by atoms with Crippen molar-refractivity contribution in [2.75, 3.05) is 0 Å². The van der Waals surface area contributed by atoms with Crippen LogP contribution in [0.1, 0.15) is 29.3 Å². The van der Waals surface area contributed by atoms with E-state index in [1.807, 2.05) is 48.0 Å². The van der Waals surface area contributed by atoms with Crippen LogP contribution >= 0.6 is 23.4 Å². The second-order valence-corrected chi connectivity index (χ2v) is 8.04. The third kappa shape index (κ3) is 3.34. The van der Waals surface area contributed by atoms with Crippen LogP contribution in [0.2, 0.25) is 5.02 Å². The molecule has 0 amide bonds. The highest BCUT2D eigenvalue weighted by Crippen LogP contribution is 2.33. The lowest BCUT2D eigenvalue weighted by Gasteiger charge is -2.05. The van der Waals surface area contributed by atoms with Crippen molar-refractivity contribution in [2.24, 2.45) is 0 Å². The smallest absolute Gasteiger partial charge is 0.210 e. The van der Waals surface area contributed by atoms with Crippen LogP contribution in [-0.4, -0.2) is 24.6 Å². The van der Waals surface area contributed by atoms with Crippen molar-refractivity contribution in [3.8, 4) is 11.3 Å². The zero-order valence-electron chi connectivity index (χ0n) is 14.7. The van der Waals surface area contributed by atoms with E-state index in [2.05, 4.69) is 40.0 Å². The molecule has 132 valence electrons. The van der Waals surface area contributed by atoms with Gasteiger partial charge in [0.05, 0.1) is 17.1 Å². The van der Waals surface area contributed by atoms with Crippen molar-refractivity contribution < 1.29 is 0 Å². The maximum atomic E-state index is 6.08. The summed E-state index contributed by atoms with van der Waals surface area (Å²) in [6.45, 7) is 6.20. The Morgan fingerprint density at radius 1 is 1.19 bits per heavy atom. The first kappa shape index (κ1) is 17.1. The number of aryl methyl sites for hydroxylation is 2. The molecule has 0 aliphatic carbocycles. The van der Waals surface area contributed by atoms with Crippen LogP contribution in [0.25, 0.3) is 16.9 Å². The van der Waals surface area contributed by atoms with Crippen LogP contribution in [0.5, 0.6) is 0 Å². The van der Waals surface area contributed by atoms with Gasteiger partial charge in [0, 0.05) is 16.3 Å². The molecule has 4 rings (SSSR count). The quantitative estimate of drug-likeness (QED) is 0.489. The fraction of sp³-hybridized carbons (Fsp3) is 0.211. The second kappa shape index (κ2) is 6.78. The summed E-state index contributed by atoms with van der Waals surface area (Å²) < 4.78 is 1.88. The van der Waals surface area contributed by atoms with Crippen molar-refractivity contribution in [3.05, 3.63) is 64.7 Å². The predicted molar refractivity (Wildman–Crippen MR) is 106 cm³/mol. The fourth-order valence-electron chi connectivity index (χ4n) is 2.90. The maximum Gasteiger partial charge on any atom is 0.210 e. The predicted octanol–water partition coefficient (Wildman–Crippen LogP) is 5.24. The van der Waals surface area contributed by atoms with E-state index in [1.54, 1.807) is 11.8 Å². The molecule has 0 saturated carbocycles. The summed E-state index contributed by atoms with van der Waals surface area (Å²) in [6.07, 6.45) is 1.84. The molecular weight excluding hydrogens is 366 g/mol. The molecule has 7 heteroatoms. The first-order valence-corrected chi connectivity index (χ1v) is 9.57. The van der Waals surface area contributed by atoms with Gasteiger partial charge >= 0.3 is 0 Å². The van der Waals surface area contributed by atoms with E-state index in [4.69, 9.17) is 11.6 Å². The van der Waals surface area contributed by atoms with E-state index >= 15 is 0 Å². The zero-order valence-corrected chi connectivity index (χ0v) is 16.3. The number of H-pyrrole nitrogens is 1. The van der Waals surface area contributed by atoms with E-state index < -0.39 is 0 Å². The summed E-state index contributed by atoms with van der Waals surface area (Å²) in [5, 5.41) is 6.16. The molecule has 0 spiro atoms. The largest absolute Gasteiger partial charge is 0.341 e. The molecule has 0 radical (unpaired) electrons. The first-order chi connectivity index (χ1) is 12.5. The van der Waals surface area contributed by atoms with E-state index in [-0.39, 0.29) is 5.25 Å². The van der Waals surface area contributed by atoms with Gasteiger partial charge in [-0.05, 0) is 50.6 Å². The van der Waals surface area contributed by atoms with Crippen molar-refractivity contribution in [1.29, 1.82) is 0 Å². The van der Waals surface area contributed by atoms with E-state index in [0.717, 1.165) is 33.6 Å². The molecule has 0 aliphatic heterocycles. The van der Waals surface area contributed by atoms with Crippen LogP contribution in [0.3, 0.4) is 0 Å². The monoisotopic (exact) mass is 383 g/mol. The molecule has 0 aliphatic rings. The average molecular weight is 384 g/mol. The molecule has 0 bridgehead atoms. The standard InChI is InChI=1S/C19H18ClN5S/c1-11-7-12(2)25-17(8-11)23-19(24-25)26-13(3)18-21-10-16(22-18)14-5-4-6-15(20)9-14/h4-10,13H,1-3H3,(H,21,22). The number of thioether (sulfide) groups is 1. The summed E-state index contributed by atoms with van der Waals surface area (Å²) >= 11 is 7.66. The minimum Gasteiger partial charge on any atom is -0.341 e. The number of aromatic nitrogens is 5. The Hall–Kier alpha value is -2.31. The van der Waals surface area contributed by atoms with Crippen LogP contribution in [0.4, 0.5) is 0 Å². The van der Waals surface area contributed by atoms with Gasteiger partial charge in [0.1, 0.15) is 5.82 Å². The van der Waals surface area contributed by atoms with Gasteiger partial charge in [-0.1, -0.05) is 35.5 Å². The molecule has 3 heterocycles. The lowest BCUT2D eigenvalue weighted by atomic mass is 10.2. The van der Waals surface area contributed by atoms with Crippen molar-refractivity contribution >= 4 is 29.0 Å². The number of aromatic amines is 1. The Bertz CT molecular complexity index is 1080. The fourth-order valence-corrected chi connectivity index (χ4v) is 3.92. The Balaban J connectivity index is 1.57. The van der Waals surface area contributed by atoms with Gasteiger partial charge in [0.25, 0.3) is 0 Å². The molecule has 1 aromatic carbocycles. The highest BCUT2D eigenvalue weighted by Gasteiger charge is 2.16. The number of rotatable bonds is 4. The third-order valence-electron chi connectivity index (χ3n) is 4.14. The number of fused-ring (bicyclic) bond motifs is 1. The first-order valence-electron chi connectivity index (χ1n) is 8.31. The molecule has 5 nitrogen and oxygen atoms in total. The van der Waals surface area contributed by atoms with Crippen LogP contribution in [0, 0.1) is 13.8 Å². The van der Waals surface area contributed by atoms with Crippen molar-refractivity contribution in [1.82, 2.24) is 24.6 Å². The number of nitrogens with one attached hydrogen (secondary N) is 1. The molecular formula is C19H18ClN5S. The van der Waals surface area contributed by atoms with Gasteiger partial charge in [-0.25, -0.2) is 14.5 Å². The number of benzene rings is 1. The molecule has 3 aromatic heterocycles. The number of nitrogens with zero attached hydrogens (tertiary/aromatic N) is 4. The number of imidazole rings is 1. The summed E-state index contributed by atoms with van der Waals surface area (Å²) in [7, 11) is 0. The molecule has 26 heavy (non-hydrogen) atoms. The van der Waals surface area contributed by atoms with E-state index in [1.165, 1.54) is 5.56 Å². The molecule has 0 saturated heterocycles. The number of hydrogen-bond donors (Lipinski definition) is 1. The van der Waals surface area contributed by atoms with Crippen LogP contribution < -0.4 is 0 Å². The average Bonchev–Trinajstić information content (AvgIpc) is 3.21. The Morgan fingerprint density at radius 2 is 2.04 bits per heavy atom. The lowest BCUT2D eigenvalue weighted by molar-refractivity contribution is 0.849. The minimum absolute atomic E-state index is 0.0988. The highest BCUT2D eigenvalue weighted by atomic mass is 35.5. The SMILES string of the molecule is Cc1cc(C)n2nc(SC(C)c3ncc(-c4cccc(Cl)c4)[nH]3)nc2c1. The van der Waals surface area contributed by atoms with Gasteiger partial charge in [-0.2, -0.15) is 0 Å². The summed E-state index contributed by atoms with van der Waals surface area (Å²) in [5.41, 5.74) is 5.10. The molecule has 1 atom stereocenters. The number of pyridine rings is 1. The minimum atomic E-state index is 0.0988. The van der Waals surface area contributed by atoms with Gasteiger partial charge < -0.3 is 4.98 Å². The second-order valence-electron chi connectivity index (χ2n) is 6.29. The van der Waals surface area contributed by atoms with Gasteiger partial charge in [0.2, 0.25) is 5.16 Å². The number of hydrogen-bond acceptors (Lipinski definition) is 4. The van der Waals surface area contributed by atoms with E-state index in [0.29, 0.717) is 5.02 Å². The van der Waals surface area contributed by atoms with E-state index in [9.17, 15) is 0 Å². The summed E-state index contributed by atoms with van der Waals surface area (Å²) in [6, 6.07) is 11.9. The Morgan fingerprint density at radius 3 is 2.85 bits per heavy atom. The van der Waals surface area contributed by atoms with Crippen LogP contribution in [0.15, 0.2) is 47.8 Å². The third-order valence-corrected chi connectivity index (χ3v) is 5.33. The zero-order chi connectivity index (χ0) is 18.3. The van der Waals surface area contributed by atoms with Gasteiger partial charge in [-0.3, -0.25) is 0 Å². The molecule has 1 unspecified atom stereocenters. The topological polar surface area (TPSA) is 58.9 Å². The lowest BCUT2D eigenvalue weighted by Crippen LogP contribution is -1.95. The van der Waals surface area contributed by atoms with Crippen molar-refractivity contribution in [2.45, 2.75) is 31.2 Å². The Labute approximate surface area is 160 Å². The number of halogens is 1. The van der Waals surface area contributed by atoms with Gasteiger partial charge in [0.15, 0.2) is 5.65 Å². The summed E-state index contributed by atoms with van der Waals surface area (Å²) in [4.78, 5) is 12.5. The normalized spacial score (nSPS) is 12.6. The molecule has 1 N–H and O–H groups in total. The van der Waals surface area contributed by atoms with Crippen LogP contribution in [-0.2, 0) is 0 Å². The maximum absolute atomic E-state index is 6.08. The molecule has 4 aromatic rings.